The first-order valence-electron chi connectivity index (χ1n) is 6.47. The van der Waals surface area contributed by atoms with E-state index in [0.29, 0.717) is 6.54 Å². The summed E-state index contributed by atoms with van der Waals surface area (Å²) in [5, 5.41) is 4.08. The summed E-state index contributed by atoms with van der Waals surface area (Å²) in [6.45, 7) is 7.13. The third kappa shape index (κ3) is 3.23. The monoisotopic (exact) mass is 273 g/mol. The molecule has 1 heterocycles. The number of hydrogen-bond donors (Lipinski definition) is 0. The Morgan fingerprint density at radius 1 is 1.25 bits per heavy atom. The molecule has 0 spiro atoms. The number of carbonyl (C=O) groups is 1. The topological polar surface area (TPSA) is 57.0 Å². The van der Waals surface area contributed by atoms with E-state index >= 15 is 0 Å². The van der Waals surface area contributed by atoms with Crippen LogP contribution < -0.4 is 0 Å². The summed E-state index contributed by atoms with van der Waals surface area (Å²) in [7, 11) is 1.31. The second-order valence-corrected chi connectivity index (χ2v) is 5.70. The lowest BCUT2D eigenvalue weighted by atomic mass is 9.87. The number of rotatable bonds is 3. The van der Waals surface area contributed by atoms with Gasteiger partial charge in [0.15, 0.2) is 0 Å². The molecule has 106 valence electrons. The van der Waals surface area contributed by atoms with Crippen molar-refractivity contribution in [3.63, 3.8) is 0 Å². The maximum atomic E-state index is 11.3. The highest BCUT2D eigenvalue weighted by molar-refractivity contribution is 5.84. The zero-order valence-electron chi connectivity index (χ0n) is 12.3. The number of benzene rings is 1. The van der Waals surface area contributed by atoms with Gasteiger partial charge in [0.1, 0.15) is 6.33 Å². The van der Waals surface area contributed by atoms with Gasteiger partial charge in [-0.2, -0.15) is 0 Å². The van der Waals surface area contributed by atoms with Crippen LogP contribution in [0.4, 0.5) is 0 Å². The summed E-state index contributed by atoms with van der Waals surface area (Å²) in [4.78, 5) is 15.2. The molecule has 2 rings (SSSR count). The predicted octanol–water partition coefficient (Wildman–Crippen LogP) is 2.41. The summed E-state index contributed by atoms with van der Waals surface area (Å²) < 4.78 is 6.20. The normalized spacial score (nSPS) is 11.4. The van der Waals surface area contributed by atoms with Gasteiger partial charge in [-0.25, -0.2) is 14.5 Å². The van der Waals surface area contributed by atoms with Gasteiger partial charge in [0.2, 0.25) is 0 Å². The molecule has 0 bridgehead atoms. The Hall–Kier alpha value is -2.17. The molecule has 20 heavy (non-hydrogen) atoms. The smallest absolute Gasteiger partial charge is 0.377 e. The van der Waals surface area contributed by atoms with E-state index in [1.165, 1.54) is 19.0 Å². The van der Waals surface area contributed by atoms with Crippen molar-refractivity contribution in [3.05, 3.63) is 47.5 Å². The number of carbonyl (C=O) groups excluding carboxylic acids is 1. The molecule has 0 fully saturated rings. The van der Waals surface area contributed by atoms with Gasteiger partial charge in [-0.05, 0) is 16.5 Å². The number of ether oxygens (including phenoxy) is 1. The van der Waals surface area contributed by atoms with Gasteiger partial charge in [0.25, 0.3) is 5.82 Å². The SMILES string of the molecule is COC(=O)c1ncn(Cc2ccc(C(C)(C)C)cc2)n1. The average molecular weight is 273 g/mol. The first-order chi connectivity index (χ1) is 9.40. The molecule has 0 amide bonds. The van der Waals surface area contributed by atoms with Crippen LogP contribution in [0.3, 0.4) is 0 Å². The maximum Gasteiger partial charge on any atom is 0.377 e. The van der Waals surface area contributed by atoms with Crippen LogP contribution in [0.25, 0.3) is 0 Å². The minimum Gasteiger partial charge on any atom is -0.463 e. The van der Waals surface area contributed by atoms with Crippen LogP contribution in [0.15, 0.2) is 30.6 Å². The molecule has 0 aliphatic rings. The highest BCUT2D eigenvalue weighted by Crippen LogP contribution is 2.22. The third-order valence-electron chi connectivity index (χ3n) is 3.07. The summed E-state index contributed by atoms with van der Waals surface area (Å²) in [5.41, 5.74) is 2.54. The molecule has 2 aromatic rings. The van der Waals surface area contributed by atoms with E-state index in [1.807, 2.05) is 0 Å². The molecular weight excluding hydrogens is 254 g/mol. The summed E-state index contributed by atoms with van der Waals surface area (Å²) in [6.07, 6.45) is 1.53. The lowest BCUT2D eigenvalue weighted by Crippen LogP contribution is -2.11. The fraction of sp³-hybridized carbons (Fsp3) is 0.400. The second-order valence-electron chi connectivity index (χ2n) is 5.70. The standard InChI is InChI=1S/C15H19N3O2/c1-15(2,3)12-7-5-11(6-8-12)9-18-10-16-13(17-18)14(19)20-4/h5-8,10H,9H2,1-4H3. The molecule has 0 atom stereocenters. The van der Waals surface area contributed by atoms with Crippen molar-refractivity contribution >= 4 is 5.97 Å². The van der Waals surface area contributed by atoms with Gasteiger partial charge in [-0.15, -0.1) is 5.10 Å². The van der Waals surface area contributed by atoms with Gasteiger partial charge in [0.05, 0.1) is 13.7 Å². The Morgan fingerprint density at radius 2 is 1.90 bits per heavy atom. The van der Waals surface area contributed by atoms with Crippen LogP contribution >= 0.6 is 0 Å². The summed E-state index contributed by atoms with van der Waals surface area (Å²) in [5.74, 6) is -0.439. The van der Waals surface area contributed by atoms with Crippen LogP contribution in [0, 0.1) is 0 Å². The van der Waals surface area contributed by atoms with Crippen molar-refractivity contribution in [2.75, 3.05) is 7.11 Å². The lowest BCUT2D eigenvalue weighted by molar-refractivity contribution is 0.0586. The highest BCUT2D eigenvalue weighted by atomic mass is 16.5. The number of methoxy groups -OCH3 is 1. The van der Waals surface area contributed by atoms with E-state index in [9.17, 15) is 4.79 Å². The Kier molecular flexibility index (Phi) is 3.88. The first kappa shape index (κ1) is 14.2. The van der Waals surface area contributed by atoms with Gasteiger partial charge in [-0.1, -0.05) is 45.0 Å². The second kappa shape index (κ2) is 5.45. The number of nitrogens with zero attached hydrogens (tertiary/aromatic N) is 3. The minimum absolute atomic E-state index is 0.0822. The predicted molar refractivity (Wildman–Crippen MR) is 75.6 cm³/mol. The van der Waals surface area contributed by atoms with Gasteiger partial charge < -0.3 is 4.74 Å². The van der Waals surface area contributed by atoms with Crippen LogP contribution in [0.2, 0.25) is 0 Å². The summed E-state index contributed by atoms with van der Waals surface area (Å²) in [6, 6.07) is 8.38. The van der Waals surface area contributed by atoms with Crippen LogP contribution in [0.5, 0.6) is 0 Å². The quantitative estimate of drug-likeness (QED) is 0.806. The molecule has 0 aliphatic carbocycles. The van der Waals surface area contributed by atoms with Crippen LogP contribution in [-0.4, -0.2) is 27.8 Å². The third-order valence-corrected chi connectivity index (χ3v) is 3.07. The van der Waals surface area contributed by atoms with Gasteiger partial charge in [0, 0.05) is 0 Å². The molecule has 0 unspecified atom stereocenters. The summed E-state index contributed by atoms with van der Waals surface area (Å²) >= 11 is 0. The zero-order valence-corrected chi connectivity index (χ0v) is 12.3. The Morgan fingerprint density at radius 3 is 2.45 bits per heavy atom. The fourth-order valence-corrected chi connectivity index (χ4v) is 1.85. The molecule has 0 N–H and O–H groups in total. The Balaban J connectivity index is 2.10. The number of hydrogen-bond acceptors (Lipinski definition) is 4. The van der Waals surface area contributed by atoms with Crippen molar-refractivity contribution in [2.45, 2.75) is 32.7 Å². The van der Waals surface area contributed by atoms with Gasteiger partial charge in [-0.3, -0.25) is 0 Å². The van der Waals surface area contributed by atoms with E-state index in [1.54, 1.807) is 4.68 Å². The van der Waals surface area contributed by atoms with Crippen molar-refractivity contribution in [1.29, 1.82) is 0 Å². The first-order valence-corrected chi connectivity index (χ1v) is 6.47. The largest absolute Gasteiger partial charge is 0.463 e. The van der Waals surface area contributed by atoms with E-state index in [2.05, 4.69) is 59.9 Å². The van der Waals surface area contributed by atoms with Crippen molar-refractivity contribution < 1.29 is 9.53 Å². The van der Waals surface area contributed by atoms with E-state index in [0.717, 1.165) is 5.56 Å². The highest BCUT2D eigenvalue weighted by Gasteiger charge is 2.14. The van der Waals surface area contributed by atoms with Crippen molar-refractivity contribution in [3.8, 4) is 0 Å². The van der Waals surface area contributed by atoms with Crippen molar-refractivity contribution in [2.24, 2.45) is 0 Å². The molecule has 1 aromatic heterocycles. The number of aromatic nitrogens is 3. The molecular formula is C15H19N3O2. The van der Waals surface area contributed by atoms with Crippen molar-refractivity contribution in [1.82, 2.24) is 14.8 Å². The van der Waals surface area contributed by atoms with E-state index in [-0.39, 0.29) is 11.2 Å². The number of esters is 1. The van der Waals surface area contributed by atoms with Crippen LogP contribution in [0.1, 0.15) is 42.5 Å². The molecule has 1 aromatic carbocycles. The molecule has 0 aliphatic heterocycles. The minimum atomic E-state index is -0.521. The van der Waals surface area contributed by atoms with E-state index in [4.69, 9.17) is 0 Å². The molecule has 5 nitrogen and oxygen atoms in total. The molecule has 0 radical (unpaired) electrons. The zero-order chi connectivity index (χ0) is 14.8. The molecule has 5 heteroatoms. The fourth-order valence-electron chi connectivity index (χ4n) is 1.85. The molecule has 0 saturated heterocycles. The Labute approximate surface area is 118 Å². The van der Waals surface area contributed by atoms with Crippen LogP contribution in [-0.2, 0) is 16.7 Å². The molecule has 0 saturated carbocycles. The van der Waals surface area contributed by atoms with Gasteiger partial charge >= 0.3 is 5.97 Å². The lowest BCUT2D eigenvalue weighted by Gasteiger charge is -2.19. The van der Waals surface area contributed by atoms with E-state index < -0.39 is 5.97 Å². The maximum absolute atomic E-state index is 11.3. The average Bonchev–Trinajstić information content (AvgIpc) is 2.86. The Bertz CT molecular complexity index is 594.